The first-order chi connectivity index (χ1) is 8.65. The molecule has 0 spiro atoms. The highest BCUT2D eigenvalue weighted by molar-refractivity contribution is 5.16. The van der Waals surface area contributed by atoms with Crippen LogP contribution in [0.5, 0.6) is 5.88 Å². The van der Waals surface area contributed by atoms with Crippen molar-refractivity contribution in [1.82, 2.24) is 15.3 Å². The van der Waals surface area contributed by atoms with Crippen LogP contribution in [0.3, 0.4) is 0 Å². The van der Waals surface area contributed by atoms with Gasteiger partial charge in [-0.1, -0.05) is 13.8 Å². The van der Waals surface area contributed by atoms with Crippen LogP contribution in [-0.2, 0) is 0 Å². The summed E-state index contributed by atoms with van der Waals surface area (Å²) < 4.78 is 5.76. The molecule has 1 unspecified atom stereocenters. The molecule has 2 rings (SSSR count). The van der Waals surface area contributed by atoms with E-state index in [9.17, 15) is 0 Å². The lowest BCUT2D eigenvalue weighted by molar-refractivity contribution is 0.272. The number of nitrogens with one attached hydrogen (secondary N) is 1. The van der Waals surface area contributed by atoms with Crippen LogP contribution in [0, 0.1) is 12.8 Å². The second-order valence-corrected chi connectivity index (χ2v) is 5.36. The Morgan fingerprint density at radius 1 is 1.44 bits per heavy atom. The van der Waals surface area contributed by atoms with Crippen molar-refractivity contribution < 1.29 is 4.74 Å². The molecule has 1 aliphatic rings. The Labute approximate surface area is 109 Å². The van der Waals surface area contributed by atoms with E-state index in [-0.39, 0.29) is 0 Å². The lowest BCUT2D eigenvalue weighted by atomic mass is 10.1. The van der Waals surface area contributed by atoms with Gasteiger partial charge in [0.15, 0.2) is 0 Å². The SMILES string of the molecule is Cc1cc(OCCC2CCNC2)nc(C(C)C)n1. The standard InChI is InChI=1S/C14H23N3O/c1-10(2)14-16-11(3)8-13(17-14)18-7-5-12-4-6-15-9-12/h8,10,12,15H,4-7,9H2,1-3H3. The van der Waals surface area contributed by atoms with Gasteiger partial charge in [-0.25, -0.2) is 4.98 Å². The van der Waals surface area contributed by atoms with E-state index in [4.69, 9.17) is 4.74 Å². The van der Waals surface area contributed by atoms with Crippen LogP contribution in [-0.4, -0.2) is 29.7 Å². The molecule has 100 valence electrons. The van der Waals surface area contributed by atoms with E-state index in [0.717, 1.165) is 49.4 Å². The average Bonchev–Trinajstić information content (AvgIpc) is 2.81. The Kier molecular flexibility index (Phi) is 4.53. The van der Waals surface area contributed by atoms with Crippen LogP contribution in [0.1, 0.15) is 44.1 Å². The van der Waals surface area contributed by atoms with E-state index in [0.29, 0.717) is 5.92 Å². The fraction of sp³-hybridized carbons (Fsp3) is 0.714. The summed E-state index contributed by atoms with van der Waals surface area (Å²) in [5.41, 5.74) is 0.978. The van der Waals surface area contributed by atoms with Crippen molar-refractivity contribution in [3.8, 4) is 5.88 Å². The quantitative estimate of drug-likeness (QED) is 0.869. The van der Waals surface area contributed by atoms with Crippen LogP contribution in [0.25, 0.3) is 0 Å². The number of hydrogen-bond donors (Lipinski definition) is 1. The molecule has 0 radical (unpaired) electrons. The lowest BCUT2D eigenvalue weighted by Crippen LogP contribution is -2.12. The smallest absolute Gasteiger partial charge is 0.216 e. The number of aryl methyl sites for hydroxylation is 1. The zero-order valence-electron chi connectivity index (χ0n) is 11.6. The summed E-state index contributed by atoms with van der Waals surface area (Å²) in [5.74, 6) is 2.69. The van der Waals surface area contributed by atoms with Gasteiger partial charge in [-0.2, -0.15) is 4.98 Å². The van der Waals surface area contributed by atoms with E-state index >= 15 is 0 Å². The van der Waals surface area contributed by atoms with Crippen molar-refractivity contribution in [2.45, 2.75) is 39.5 Å². The Bertz CT molecular complexity index is 387. The Balaban J connectivity index is 1.88. The highest BCUT2D eigenvalue weighted by atomic mass is 16.5. The summed E-state index contributed by atoms with van der Waals surface area (Å²) >= 11 is 0. The van der Waals surface area contributed by atoms with Gasteiger partial charge in [0.05, 0.1) is 6.61 Å². The molecule has 4 nitrogen and oxygen atoms in total. The zero-order chi connectivity index (χ0) is 13.0. The molecule has 0 aromatic carbocycles. The van der Waals surface area contributed by atoms with Crippen molar-refractivity contribution in [2.24, 2.45) is 5.92 Å². The second kappa shape index (κ2) is 6.14. The number of aromatic nitrogens is 2. The van der Waals surface area contributed by atoms with Gasteiger partial charge in [-0.3, -0.25) is 0 Å². The maximum Gasteiger partial charge on any atom is 0.216 e. The highest BCUT2D eigenvalue weighted by Gasteiger charge is 2.14. The minimum absolute atomic E-state index is 0.339. The fourth-order valence-corrected chi connectivity index (χ4v) is 2.18. The summed E-state index contributed by atoms with van der Waals surface area (Å²) in [6.07, 6.45) is 2.37. The summed E-state index contributed by atoms with van der Waals surface area (Å²) in [6.45, 7) is 9.21. The molecule has 4 heteroatoms. The predicted molar refractivity (Wildman–Crippen MR) is 71.9 cm³/mol. The Hall–Kier alpha value is -1.16. The molecule has 1 aromatic heterocycles. The van der Waals surface area contributed by atoms with Crippen molar-refractivity contribution in [1.29, 1.82) is 0 Å². The topological polar surface area (TPSA) is 47.0 Å². The molecule has 2 heterocycles. The maximum atomic E-state index is 5.76. The van der Waals surface area contributed by atoms with Gasteiger partial charge >= 0.3 is 0 Å². The van der Waals surface area contributed by atoms with E-state index in [1.807, 2.05) is 13.0 Å². The van der Waals surface area contributed by atoms with Gasteiger partial charge in [0.2, 0.25) is 5.88 Å². The summed E-state index contributed by atoms with van der Waals surface area (Å²) in [4.78, 5) is 8.87. The second-order valence-electron chi connectivity index (χ2n) is 5.36. The molecule has 1 fully saturated rings. The molecule has 0 amide bonds. The van der Waals surface area contributed by atoms with Crippen molar-refractivity contribution in [3.05, 3.63) is 17.6 Å². The highest BCUT2D eigenvalue weighted by Crippen LogP contribution is 2.17. The largest absolute Gasteiger partial charge is 0.478 e. The Morgan fingerprint density at radius 2 is 2.28 bits per heavy atom. The third-order valence-electron chi connectivity index (χ3n) is 3.30. The van der Waals surface area contributed by atoms with Crippen molar-refractivity contribution in [3.63, 3.8) is 0 Å². The van der Waals surface area contributed by atoms with Gasteiger partial charge in [-0.15, -0.1) is 0 Å². The number of hydrogen-bond acceptors (Lipinski definition) is 4. The molecule has 1 saturated heterocycles. The van der Waals surface area contributed by atoms with Crippen LogP contribution in [0.2, 0.25) is 0 Å². The van der Waals surface area contributed by atoms with E-state index in [2.05, 4.69) is 29.1 Å². The van der Waals surface area contributed by atoms with Crippen molar-refractivity contribution >= 4 is 0 Å². The number of nitrogens with zero attached hydrogens (tertiary/aromatic N) is 2. The summed E-state index contributed by atoms with van der Waals surface area (Å²) in [6, 6.07) is 1.92. The summed E-state index contributed by atoms with van der Waals surface area (Å²) in [5, 5.41) is 3.37. The van der Waals surface area contributed by atoms with Crippen LogP contribution >= 0.6 is 0 Å². The monoisotopic (exact) mass is 249 g/mol. The van der Waals surface area contributed by atoms with Crippen molar-refractivity contribution in [2.75, 3.05) is 19.7 Å². The van der Waals surface area contributed by atoms with Gasteiger partial charge in [0.25, 0.3) is 0 Å². The van der Waals surface area contributed by atoms with Gasteiger partial charge in [-0.05, 0) is 38.8 Å². The molecule has 1 atom stereocenters. The van der Waals surface area contributed by atoms with Gasteiger partial charge < -0.3 is 10.1 Å². The molecular formula is C14H23N3O. The predicted octanol–water partition coefficient (Wildman–Crippen LogP) is 2.29. The molecule has 18 heavy (non-hydrogen) atoms. The molecule has 1 aliphatic heterocycles. The summed E-state index contributed by atoms with van der Waals surface area (Å²) in [7, 11) is 0. The molecule has 0 saturated carbocycles. The van der Waals surface area contributed by atoms with Crippen LogP contribution in [0.4, 0.5) is 0 Å². The Morgan fingerprint density at radius 3 is 2.94 bits per heavy atom. The average molecular weight is 249 g/mol. The van der Waals surface area contributed by atoms with E-state index < -0.39 is 0 Å². The molecule has 0 aliphatic carbocycles. The normalized spacial score (nSPS) is 19.4. The molecule has 1 N–H and O–H groups in total. The van der Waals surface area contributed by atoms with Gasteiger partial charge in [0, 0.05) is 17.7 Å². The third-order valence-corrected chi connectivity index (χ3v) is 3.30. The molecule has 0 bridgehead atoms. The van der Waals surface area contributed by atoms with E-state index in [1.54, 1.807) is 0 Å². The maximum absolute atomic E-state index is 5.76. The number of ether oxygens (including phenoxy) is 1. The fourth-order valence-electron chi connectivity index (χ4n) is 2.18. The minimum Gasteiger partial charge on any atom is -0.478 e. The first kappa shape index (κ1) is 13.3. The van der Waals surface area contributed by atoms with Crippen LogP contribution < -0.4 is 10.1 Å². The first-order valence-corrected chi connectivity index (χ1v) is 6.84. The zero-order valence-corrected chi connectivity index (χ0v) is 11.6. The lowest BCUT2D eigenvalue weighted by Gasteiger charge is -2.11. The minimum atomic E-state index is 0.339. The van der Waals surface area contributed by atoms with Gasteiger partial charge in [0.1, 0.15) is 5.82 Å². The molecule has 1 aromatic rings. The number of rotatable bonds is 5. The third kappa shape index (κ3) is 3.67. The first-order valence-electron chi connectivity index (χ1n) is 6.84. The van der Waals surface area contributed by atoms with Crippen LogP contribution in [0.15, 0.2) is 6.07 Å². The van der Waals surface area contributed by atoms with E-state index in [1.165, 1.54) is 6.42 Å². The molecular weight excluding hydrogens is 226 g/mol.